The number of likely N-dealkylation sites (tertiary alicyclic amines) is 1. The largest absolute Gasteiger partial charge is 0.492 e. The molecule has 1 fully saturated rings. The van der Waals surface area contributed by atoms with Crippen molar-refractivity contribution in [3.05, 3.63) is 29.3 Å². The SMILES string of the molecule is Cc1ccc(OCCN2CCCC(OC(N)=O)C2)cc1C. The zero-order chi connectivity index (χ0) is 15.2. The van der Waals surface area contributed by atoms with E-state index in [0.29, 0.717) is 6.61 Å². The molecule has 1 aromatic carbocycles. The summed E-state index contributed by atoms with van der Waals surface area (Å²) < 4.78 is 10.9. The number of nitrogens with zero attached hydrogens (tertiary/aromatic N) is 1. The first kappa shape index (κ1) is 15.6. The number of carbonyl (C=O) groups excluding carboxylic acids is 1. The van der Waals surface area contributed by atoms with Gasteiger partial charge in [0.05, 0.1) is 0 Å². The van der Waals surface area contributed by atoms with Gasteiger partial charge in [-0.15, -0.1) is 0 Å². The highest BCUT2D eigenvalue weighted by Crippen LogP contribution is 2.17. The van der Waals surface area contributed by atoms with E-state index in [1.54, 1.807) is 0 Å². The van der Waals surface area contributed by atoms with E-state index in [-0.39, 0.29) is 6.10 Å². The standard InChI is InChI=1S/C16H24N2O3/c1-12-5-6-14(10-13(12)2)20-9-8-18-7-3-4-15(11-18)21-16(17)19/h5-6,10,15H,3-4,7-9,11H2,1-2H3,(H2,17,19). The summed E-state index contributed by atoms with van der Waals surface area (Å²) in [6.07, 6.45) is 1.13. The Balaban J connectivity index is 1.75. The molecule has 2 N–H and O–H groups in total. The molecule has 1 aliphatic heterocycles. The van der Waals surface area contributed by atoms with Crippen LogP contribution in [0.3, 0.4) is 0 Å². The third-order valence-electron chi connectivity index (χ3n) is 3.90. The molecule has 0 spiro atoms. The molecule has 1 atom stereocenters. The van der Waals surface area contributed by atoms with Gasteiger partial charge in [-0.2, -0.15) is 0 Å². The second kappa shape index (κ2) is 7.31. The van der Waals surface area contributed by atoms with Crippen molar-refractivity contribution in [3.8, 4) is 5.75 Å². The summed E-state index contributed by atoms with van der Waals surface area (Å²) in [5.74, 6) is 0.903. The number of primary amides is 1. The van der Waals surface area contributed by atoms with E-state index in [2.05, 4.69) is 30.9 Å². The monoisotopic (exact) mass is 292 g/mol. The fraction of sp³-hybridized carbons (Fsp3) is 0.562. The van der Waals surface area contributed by atoms with Gasteiger partial charge in [0.25, 0.3) is 0 Å². The minimum atomic E-state index is -0.687. The molecule has 1 unspecified atom stereocenters. The third kappa shape index (κ3) is 4.93. The molecule has 5 nitrogen and oxygen atoms in total. The van der Waals surface area contributed by atoms with Crippen molar-refractivity contribution in [2.24, 2.45) is 5.73 Å². The van der Waals surface area contributed by atoms with Crippen LogP contribution in [0.1, 0.15) is 24.0 Å². The molecule has 0 saturated carbocycles. The maximum Gasteiger partial charge on any atom is 0.404 e. The second-order valence-electron chi connectivity index (χ2n) is 5.60. The topological polar surface area (TPSA) is 64.8 Å². The van der Waals surface area contributed by atoms with Crippen LogP contribution in [0.5, 0.6) is 5.75 Å². The average Bonchev–Trinajstić information content (AvgIpc) is 2.42. The maximum absolute atomic E-state index is 10.8. The lowest BCUT2D eigenvalue weighted by molar-refractivity contribution is 0.0429. The molecule has 0 bridgehead atoms. The van der Waals surface area contributed by atoms with Crippen LogP contribution in [0, 0.1) is 13.8 Å². The van der Waals surface area contributed by atoms with Gasteiger partial charge in [0.1, 0.15) is 18.5 Å². The van der Waals surface area contributed by atoms with E-state index >= 15 is 0 Å². The summed E-state index contributed by atoms with van der Waals surface area (Å²) in [5.41, 5.74) is 7.57. The Hall–Kier alpha value is -1.75. The Labute approximate surface area is 126 Å². The van der Waals surface area contributed by atoms with Crippen LogP contribution >= 0.6 is 0 Å². The Morgan fingerprint density at radius 2 is 2.19 bits per heavy atom. The highest BCUT2D eigenvalue weighted by molar-refractivity contribution is 5.64. The smallest absolute Gasteiger partial charge is 0.404 e. The summed E-state index contributed by atoms with van der Waals surface area (Å²) in [6, 6.07) is 6.13. The number of hydrogen-bond donors (Lipinski definition) is 1. The summed E-state index contributed by atoms with van der Waals surface area (Å²) in [4.78, 5) is 13.0. The van der Waals surface area contributed by atoms with Gasteiger partial charge in [-0.25, -0.2) is 4.79 Å². The van der Waals surface area contributed by atoms with Crippen LogP contribution in [-0.2, 0) is 4.74 Å². The first-order chi connectivity index (χ1) is 10.0. The molecular weight excluding hydrogens is 268 g/mol. The van der Waals surface area contributed by atoms with Gasteiger partial charge < -0.3 is 15.2 Å². The van der Waals surface area contributed by atoms with Crippen LogP contribution < -0.4 is 10.5 Å². The van der Waals surface area contributed by atoms with Crippen LogP contribution in [0.2, 0.25) is 0 Å². The number of piperidine rings is 1. The van der Waals surface area contributed by atoms with E-state index in [0.717, 1.165) is 38.2 Å². The number of nitrogens with two attached hydrogens (primary N) is 1. The second-order valence-corrected chi connectivity index (χ2v) is 5.60. The van der Waals surface area contributed by atoms with Crippen molar-refractivity contribution in [1.82, 2.24) is 4.90 Å². The Bertz CT molecular complexity index is 490. The van der Waals surface area contributed by atoms with Crippen molar-refractivity contribution in [2.45, 2.75) is 32.8 Å². The molecule has 1 heterocycles. The minimum absolute atomic E-state index is 0.0853. The summed E-state index contributed by atoms with van der Waals surface area (Å²) in [6.45, 7) is 7.37. The number of carbonyl (C=O) groups is 1. The Kier molecular flexibility index (Phi) is 5.44. The average molecular weight is 292 g/mol. The molecule has 21 heavy (non-hydrogen) atoms. The van der Waals surface area contributed by atoms with Crippen molar-refractivity contribution in [2.75, 3.05) is 26.2 Å². The number of hydrogen-bond acceptors (Lipinski definition) is 4. The van der Waals surface area contributed by atoms with Gasteiger partial charge in [0.2, 0.25) is 0 Å². The quantitative estimate of drug-likeness (QED) is 0.904. The van der Waals surface area contributed by atoms with Crippen molar-refractivity contribution < 1.29 is 14.3 Å². The number of ether oxygens (including phenoxy) is 2. The molecule has 5 heteroatoms. The number of rotatable bonds is 5. The molecule has 1 aromatic rings. The predicted octanol–water partition coefficient (Wildman–Crippen LogP) is 2.24. The molecular formula is C16H24N2O3. The normalized spacial score (nSPS) is 19.2. The highest BCUT2D eigenvalue weighted by atomic mass is 16.6. The van der Waals surface area contributed by atoms with Crippen molar-refractivity contribution in [1.29, 1.82) is 0 Å². The van der Waals surface area contributed by atoms with Crippen LogP contribution in [-0.4, -0.2) is 43.3 Å². The van der Waals surface area contributed by atoms with Gasteiger partial charge in [-0.3, -0.25) is 4.90 Å². The number of amides is 1. The molecule has 0 aliphatic carbocycles. The lowest BCUT2D eigenvalue weighted by Gasteiger charge is -2.31. The zero-order valence-corrected chi connectivity index (χ0v) is 12.8. The summed E-state index contributed by atoms with van der Waals surface area (Å²) in [5, 5.41) is 0. The molecule has 1 amide bonds. The number of benzene rings is 1. The highest BCUT2D eigenvalue weighted by Gasteiger charge is 2.21. The van der Waals surface area contributed by atoms with Crippen LogP contribution in [0.15, 0.2) is 18.2 Å². The Morgan fingerprint density at radius 3 is 2.90 bits per heavy atom. The first-order valence-electron chi connectivity index (χ1n) is 7.43. The van der Waals surface area contributed by atoms with Crippen molar-refractivity contribution >= 4 is 6.09 Å². The molecule has 116 valence electrons. The lowest BCUT2D eigenvalue weighted by atomic mass is 10.1. The summed E-state index contributed by atoms with van der Waals surface area (Å²) >= 11 is 0. The molecule has 2 rings (SSSR count). The predicted molar refractivity (Wildman–Crippen MR) is 81.5 cm³/mol. The lowest BCUT2D eigenvalue weighted by Crippen LogP contribution is -2.42. The zero-order valence-electron chi connectivity index (χ0n) is 12.8. The molecule has 1 aliphatic rings. The van der Waals surface area contributed by atoms with Crippen LogP contribution in [0.4, 0.5) is 4.79 Å². The van der Waals surface area contributed by atoms with Gasteiger partial charge in [0, 0.05) is 13.1 Å². The van der Waals surface area contributed by atoms with E-state index in [1.807, 2.05) is 6.07 Å². The third-order valence-corrected chi connectivity index (χ3v) is 3.90. The fourth-order valence-electron chi connectivity index (χ4n) is 2.57. The van der Waals surface area contributed by atoms with Gasteiger partial charge in [-0.1, -0.05) is 6.07 Å². The van der Waals surface area contributed by atoms with E-state index in [4.69, 9.17) is 15.2 Å². The van der Waals surface area contributed by atoms with E-state index in [9.17, 15) is 4.79 Å². The van der Waals surface area contributed by atoms with Crippen LogP contribution in [0.25, 0.3) is 0 Å². The molecule has 1 saturated heterocycles. The fourth-order valence-corrected chi connectivity index (χ4v) is 2.57. The Morgan fingerprint density at radius 1 is 1.38 bits per heavy atom. The molecule has 0 radical (unpaired) electrons. The number of aryl methyl sites for hydroxylation is 2. The van der Waals surface area contributed by atoms with Gasteiger partial charge >= 0.3 is 6.09 Å². The molecule has 0 aromatic heterocycles. The van der Waals surface area contributed by atoms with Gasteiger partial charge in [-0.05, 0) is 56.5 Å². The van der Waals surface area contributed by atoms with Gasteiger partial charge in [0.15, 0.2) is 0 Å². The minimum Gasteiger partial charge on any atom is -0.492 e. The van der Waals surface area contributed by atoms with E-state index in [1.165, 1.54) is 11.1 Å². The maximum atomic E-state index is 10.8. The first-order valence-corrected chi connectivity index (χ1v) is 7.43. The summed E-state index contributed by atoms with van der Waals surface area (Å²) in [7, 11) is 0. The van der Waals surface area contributed by atoms with Crippen molar-refractivity contribution in [3.63, 3.8) is 0 Å². The van der Waals surface area contributed by atoms with E-state index < -0.39 is 6.09 Å².